The van der Waals surface area contributed by atoms with Crippen LogP contribution in [-0.2, 0) is 11.3 Å². The Hall–Kier alpha value is -2.87. The molecule has 5 nitrogen and oxygen atoms in total. The van der Waals surface area contributed by atoms with Crippen LogP contribution < -0.4 is 4.90 Å². The summed E-state index contributed by atoms with van der Waals surface area (Å²) in [6.07, 6.45) is 1.54. The molecular weight excluding hydrogens is 443 g/mol. The van der Waals surface area contributed by atoms with E-state index >= 15 is 0 Å². The van der Waals surface area contributed by atoms with Crippen LogP contribution in [0.15, 0.2) is 36.4 Å². The highest BCUT2D eigenvalue weighted by molar-refractivity contribution is 5.95. The van der Waals surface area contributed by atoms with Crippen LogP contribution in [0.5, 0.6) is 0 Å². The zero-order chi connectivity index (χ0) is 24.8. The zero-order valence-electron chi connectivity index (χ0n) is 20.0. The topological polar surface area (TPSA) is 43.9 Å². The number of hydrogen-bond donors (Lipinski definition) is 0. The Bertz CT molecular complexity index is 1030. The first kappa shape index (κ1) is 25.7. The van der Waals surface area contributed by atoms with Crippen molar-refractivity contribution in [2.45, 2.75) is 52.6 Å². The van der Waals surface area contributed by atoms with Crippen molar-refractivity contribution in [2.75, 3.05) is 31.1 Å². The maximum absolute atomic E-state index is 14.3. The van der Waals surface area contributed by atoms with Crippen LogP contribution in [0.2, 0.25) is 0 Å². The lowest BCUT2D eigenvalue weighted by Gasteiger charge is -2.33. The summed E-state index contributed by atoms with van der Waals surface area (Å²) in [5, 5.41) is 0. The standard InChI is InChI=1S/C26H32F3N3O2/c1-4-25(33)32-13-7-11-30(18(2)3)10-6-12-31(26(34)19-8-5-9-21(27)14-19)17-20-15-22(28)23(29)16-24(20)32/h5,8-9,14-16,18H,4,6-7,10-13,17H2,1-3H3. The smallest absolute Gasteiger partial charge is 0.254 e. The van der Waals surface area contributed by atoms with Crippen LogP contribution in [0.3, 0.4) is 0 Å². The van der Waals surface area contributed by atoms with E-state index in [0.717, 1.165) is 31.3 Å². The summed E-state index contributed by atoms with van der Waals surface area (Å²) in [6, 6.07) is 7.77. The zero-order valence-corrected chi connectivity index (χ0v) is 20.0. The van der Waals surface area contributed by atoms with Crippen molar-refractivity contribution in [1.29, 1.82) is 0 Å². The highest BCUT2D eigenvalue weighted by Gasteiger charge is 2.25. The van der Waals surface area contributed by atoms with Crippen LogP contribution in [-0.4, -0.2) is 53.8 Å². The van der Waals surface area contributed by atoms with Gasteiger partial charge >= 0.3 is 0 Å². The summed E-state index contributed by atoms with van der Waals surface area (Å²) in [5.41, 5.74) is 0.782. The molecule has 0 aromatic heterocycles. The molecule has 8 heteroatoms. The van der Waals surface area contributed by atoms with Gasteiger partial charge in [-0.05, 0) is 56.5 Å². The highest BCUT2D eigenvalue weighted by Crippen LogP contribution is 2.28. The summed E-state index contributed by atoms with van der Waals surface area (Å²) in [5.74, 6) is -3.23. The van der Waals surface area contributed by atoms with Crippen molar-refractivity contribution >= 4 is 17.5 Å². The summed E-state index contributed by atoms with van der Waals surface area (Å²) < 4.78 is 42.4. The molecule has 0 atom stereocenters. The van der Waals surface area contributed by atoms with Crippen LogP contribution >= 0.6 is 0 Å². The molecule has 1 aliphatic rings. The van der Waals surface area contributed by atoms with Gasteiger partial charge in [-0.15, -0.1) is 0 Å². The van der Waals surface area contributed by atoms with Crippen LogP contribution in [0, 0.1) is 17.5 Å². The fourth-order valence-corrected chi connectivity index (χ4v) is 4.31. The van der Waals surface area contributed by atoms with Gasteiger partial charge < -0.3 is 14.7 Å². The molecule has 34 heavy (non-hydrogen) atoms. The maximum atomic E-state index is 14.3. The van der Waals surface area contributed by atoms with Crippen molar-refractivity contribution < 1.29 is 22.8 Å². The minimum atomic E-state index is -1.05. The molecular formula is C26H32F3N3O2. The van der Waals surface area contributed by atoms with E-state index in [1.54, 1.807) is 6.92 Å². The second-order valence-corrected chi connectivity index (χ2v) is 8.87. The van der Waals surface area contributed by atoms with Crippen LogP contribution in [0.4, 0.5) is 18.9 Å². The lowest BCUT2D eigenvalue weighted by Crippen LogP contribution is -2.40. The molecule has 1 aliphatic heterocycles. The molecule has 184 valence electrons. The Morgan fingerprint density at radius 3 is 2.26 bits per heavy atom. The number of fused-ring (bicyclic) bond motifs is 1. The number of carbonyl (C=O) groups excluding carboxylic acids is 2. The quantitative estimate of drug-likeness (QED) is 0.628. The predicted molar refractivity (Wildman–Crippen MR) is 126 cm³/mol. The molecule has 0 saturated carbocycles. The van der Waals surface area contributed by atoms with E-state index in [-0.39, 0.29) is 36.2 Å². The Morgan fingerprint density at radius 1 is 0.941 bits per heavy atom. The second kappa shape index (κ2) is 11.5. The largest absolute Gasteiger partial charge is 0.334 e. The molecule has 0 unspecified atom stereocenters. The number of rotatable bonds is 3. The third-order valence-corrected chi connectivity index (χ3v) is 6.17. The van der Waals surface area contributed by atoms with E-state index in [1.807, 2.05) is 0 Å². The molecule has 0 radical (unpaired) electrons. The van der Waals surface area contributed by atoms with Crippen molar-refractivity contribution in [1.82, 2.24) is 9.80 Å². The van der Waals surface area contributed by atoms with Gasteiger partial charge in [-0.3, -0.25) is 9.59 Å². The van der Waals surface area contributed by atoms with E-state index in [2.05, 4.69) is 18.7 Å². The fraction of sp³-hybridized carbons (Fsp3) is 0.462. The SMILES string of the molecule is CCC(=O)N1CCCN(C(C)C)CCCN(C(=O)c2cccc(F)c2)Cc2cc(F)c(F)cc21. The summed E-state index contributed by atoms with van der Waals surface area (Å²) >= 11 is 0. The van der Waals surface area contributed by atoms with Gasteiger partial charge in [0.2, 0.25) is 5.91 Å². The summed E-state index contributed by atoms with van der Waals surface area (Å²) in [6.45, 7) is 8.02. The molecule has 0 fully saturated rings. The van der Waals surface area contributed by atoms with Gasteiger partial charge in [0.15, 0.2) is 11.6 Å². The Labute approximate surface area is 199 Å². The van der Waals surface area contributed by atoms with Crippen LogP contribution in [0.25, 0.3) is 0 Å². The first-order chi connectivity index (χ1) is 16.2. The number of benzene rings is 2. The third-order valence-electron chi connectivity index (χ3n) is 6.17. The van der Waals surface area contributed by atoms with Gasteiger partial charge in [0.05, 0.1) is 5.69 Å². The Kier molecular flexibility index (Phi) is 8.72. The molecule has 0 aliphatic carbocycles. The lowest BCUT2D eigenvalue weighted by molar-refractivity contribution is -0.118. The monoisotopic (exact) mass is 475 g/mol. The molecule has 0 spiro atoms. The third kappa shape index (κ3) is 6.17. The van der Waals surface area contributed by atoms with Crippen molar-refractivity contribution in [3.8, 4) is 0 Å². The second-order valence-electron chi connectivity index (χ2n) is 8.87. The number of carbonyl (C=O) groups is 2. The average molecular weight is 476 g/mol. The van der Waals surface area contributed by atoms with E-state index < -0.39 is 23.4 Å². The van der Waals surface area contributed by atoms with E-state index in [0.29, 0.717) is 31.5 Å². The van der Waals surface area contributed by atoms with Gasteiger partial charge in [0.25, 0.3) is 5.91 Å². The predicted octanol–water partition coefficient (Wildman–Crippen LogP) is 4.99. The maximum Gasteiger partial charge on any atom is 0.254 e. The molecule has 2 aromatic rings. The van der Waals surface area contributed by atoms with E-state index in [9.17, 15) is 22.8 Å². The summed E-state index contributed by atoms with van der Waals surface area (Å²) in [7, 11) is 0. The number of hydrogen-bond acceptors (Lipinski definition) is 3. The Morgan fingerprint density at radius 2 is 1.62 bits per heavy atom. The molecule has 3 rings (SSSR count). The minimum absolute atomic E-state index is 0.0307. The number of anilines is 1. The highest BCUT2D eigenvalue weighted by atomic mass is 19.2. The van der Waals surface area contributed by atoms with E-state index in [1.165, 1.54) is 28.0 Å². The number of nitrogens with zero attached hydrogens (tertiary/aromatic N) is 3. The fourth-order valence-electron chi connectivity index (χ4n) is 4.31. The van der Waals surface area contributed by atoms with Gasteiger partial charge in [0.1, 0.15) is 5.82 Å². The molecule has 1 heterocycles. The lowest BCUT2D eigenvalue weighted by atomic mass is 10.1. The number of amides is 2. The van der Waals surface area contributed by atoms with Gasteiger partial charge in [-0.1, -0.05) is 13.0 Å². The number of halogens is 3. The molecule has 2 aromatic carbocycles. The Balaban J connectivity index is 2.06. The minimum Gasteiger partial charge on any atom is -0.334 e. The molecule has 0 N–H and O–H groups in total. The van der Waals surface area contributed by atoms with Crippen molar-refractivity contribution in [2.24, 2.45) is 0 Å². The first-order valence-corrected chi connectivity index (χ1v) is 11.8. The van der Waals surface area contributed by atoms with Gasteiger partial charge in [-0.25, -0.2) is 13.2 Å². The van der Waals surface area contributed by atoms with Gasteiger partial charge in [-0.2, -0.15) is 0 Å². The first-order valence-electron chi connectivity index (χ1n) is 11.8. The average Bonchev–Trinajstić information content (AvgIpc) is 2.80. The molecule has 0 saturated heterocycles. The molecule has 0 bridgehead atoms. The van der Waals surface area contributed by atoms with Gasteiger partial charge in [0, 0.05) is 56.8 Å². The summed E-state index contributed by atoms with van der Waals surface area (Å²) in [4.78, 5) is 31.4. The van der Waals surface area contributed by atoms with Crippen molar-refractivity contribution in [3.05, 3.63) is 65.0 Å². The van der Waals surface area contributed by atoms with Crippen LogP contribution in [0.1, 0.15) is 56.0 Å². The van der Waals surface area contributed by atoms with Crippen molar-refractivity contribution in [3.63, 3.8) is 0 Å². The molecule has 2 amide bonds. The van der Waals surface area contributed by atoms with E-state index in [4.69, 9.17) is 0 Å². The normalized spacial score (nSPS) is 16.1.